The number of primary amides is 1. The van der Waals surface area contributed by atoms with Crippen molar-refractivity contribution in [1.29, 1.82) is 0 Å². The molecule has 8 heteroatoms. The number of unbranched alkanes of at least 4 members (excludes halogenated alkanes) is 1. The van der Waals surface area contributed by atoms with E-state index < -0.39 is 11.5 Å². The summed E-state index contributed by atoms with van der Waals surface area (Å²) < 4.78 is 1.78. The molecule has 8 nitrogen and oxygen atoms in total. The first-order valence-electron chi connectivity index (χ1n) is 10.5. The van der Waals surface area contributed by atoms with Gasteiger partial charge < -0.3 is 16.4 Å². The van der Waals surface area contributed by atoms with Crippen molar-refractivity contribution in [1.82, 2.24) is 20.4 Å². The van der Waals surface area contributed by atoms with E-state index in [-0.39, 0.29) is 23.8 Å². The third-order valence-electron chi connectivity index (χ3n) is 5.24. The van der Waals surface area contributed by atoms with E-state index in [1.807, 2.05) is 45.0 Å². The Morgan fingerprint density at radius 3 is 2.53 bits per heavy atom. The fourth-order valence-electron chi connectivity index (χ4n) is 3.41. The average Bonchev–Trinajstić information content (AvgIpc) is 3.40. The molecule has 30 heavy (non-hydrogen) atoms. The molecule has 1 aliphatic carbocycles. The Balaban J connectivity index is 1.79. The molecule has 0 radical (unpaired) electrons. The molecule has 3 amide bonds. The van der Waals surface area contributed by atoms with Crippen LogP contribution in [-0.2, 0) is 16.1 Å². The fraction of sp³-hybridized carbons (Fsp3) is 0.545. The van der Waals surface area contributed by atoms with Crippen LogP contribution in [-0.4, -0.2) is 39.6 Å². The van der Waals surface area contributed by atoms with Gasteiger partial charge in [-0.1, -0.05) is 39.0 Å². The SMILES string of the molecule is CC(C)(C)C(NC(=O)c1nn(CCCCC(N)=O)c2ccccc12)C(=O)NC1CC1. The Labute approximate surface area is 176 Å². The summed E-state index contributed by atoms with van der Waals surface area (Å²) in [7, 11) is 0. The van der Waals surface area contributed by atoms with Gasteiger partial charge in [0, 0.05) is 24.4 Å². The second-order valence-corrected chi connectivity index (χ2v) is 9.07. The highest BCUT2D eigenvalue weighted by molar-refractivity contribution is 6.06. The maximum Gasteiger partial charge on any atom is 0.273 e. The van der Waals surface area contributed by atoms with Crippen molar-refractivity contribution in [2.75, 3.05) is 0 Å². The number of benzene rings is 1. The third kappa shape index (κ3) is 5.37. The Morgan fingerprint density at radius 1 is 1.20 bits per heavy atom. The maximum absolute atomic E-state index is 13.1. The van der Waals surface area contributed by atoms with E-state index in [9.17, 15) is 14.4 Å². The topological polar surface area (TPSA) is 119 Å². The summed E-state index contributed by atoms with van der Waals surface area (Å²) in [6, 6.07) is 7.08. The molecule has 0 bridgehead atoms. The van der Waals surface area contributed by atoms with Gasteiger partial charge >= 0.3 is 0 Å². The number of rotatable bonds is 9. The van der Waals surface area contributed by atoms with Gasteiger partial charge in [0.15, 0.2) is 5.69 Å². The van der Waals surface area contributed by atoms with E-state index in [1.54, 1.807) is 4.68 Å². The molecule has 162 valence electrons. The molecule has 1 aromatic heterocycles. The highest BCUT2D eigenvalue weighted by Crippen LogP contribution is 2.25. The Bertz CT molecular complexity index is 940. The van der Waals surface area contributed by atoms with E-state index >= 15 is 0 Å². The number of fused-ring (bicyclic) bond motifs is 1. The molecule has 1 fully saturated rings. The molecule has 1 unspecified atom stereocenters. The molecule has 0 aliphatic heterocycles. The first kappa shape index (κ1) is 21.8. The van der Waals surface area contributed by atoms with Gasteiger partial charge in [-0.25, -0.2) is 0 Å². The summed E-state index contributed by atoms with van der Waals surface area (Å²) in [6.45, 7) is 6.37. The maximum atomic E-state index is 13.1. The van der Waals surface area contributed by atoms with Gasteiger partial charge in [-0.15, -0.1) is 0 Å². The summed E-state index contributed by atoms with van der Waals surface area (Å²) in [5, 5.41) is 11.2. The molecule has 3 rings (SSSR count). The van der Waals surface area contributed by atoms with Crippen LogP contribution in [0.1, 0.15) is 63.4 Å². The number of nitrogens with zero attached hydrogens (tertiary/aromatic N) is 2. The molecule has 0 spiro atoms. The van der Waals surface area contributed by atoms with Crippen molar-refractivity contribution >= 4 is 28.6 Å². The first-order valence-corrected chi connectivity index (χ1v) is 10.5. The number of para-hydroxylation sites is 1. The number of aryl methyl sites for hydroxylation is 1. The van der Waals surface area contributed by atoms with Crippen LogP contribution in [0.4, 0.5) is 0 Å². The standard InChI is InChI=1S/C22H31N5O3/c1-22(2,3)19(21(30)24-14-11-12-14)25-20(29)18-15-8-4-5-9-16(15)27(26-18)13-7-6-10-17(23)28/h4-5,8-9,14,19H,6-7,10-13H2,1-3H3,(H2,23,28)(H,24,30)(H,25,29). The number of carbonyl (C=O) groups excluding carboxylic acids is 3. The second-order valence-electron chi connectivity index (χ2n) is 9.07. The van der Waals surface area contributed by atoms with E-state index in [1.165, 1.54) is 0 Å². The van der Waals surface area contributed by atoms with E-state index in [0.29, 0.717) is 25.1 Å². The molecule has 1 aromatic carbocycles. The van der Waals surface area contributed by atoms with Crippen LogP contribution in [0.2, 0.25) is 0 Å². The van der Waals surface area contributed by atoms with Gasteiger partial charge in [-0.2, -0.15) is 5.10 Å². The highest BCUT2D eigenvalue weighted by Gasteiger charge is 2.36. The average molecular weight is 414 g/mol. The zero-order valence-electron chi connectivity index (χ0n) is 17.9. The normalized spacial score (nSPS) is 15.0. The lowest BCUT2D eigenvalue weighted by atomic mass is 9.86. The van der Waals surface area contributed by atoms with Crippen molar-refractivity contribution in [3.8, 4) is 0 Å². The number of nitrogens with two attached hydrogens (primary N) is 1. The molecular formula is C22H31N5O3. The van der Waals surface area contributed by atoms with Gasteiger partial charge in [0.05, 0.1) is 5.52 Å². The van der Waals surface area contributed by atoms with Crippen LogP contribution in [0.15, 0.2) is 24.3 Å². The van der Waals surface area contributed by atoms with Crippen LogP contribution in [0, 0.1) is 5.41 Å². The molecule has 1 atom stereocenters. The second kappa shape index (κ2) is 8.85. The van der Waals surface area contributed by atoms with Gasteiger partial charge in [-0.05, 0) is 37.2 Å². The van der Waals surface area contributed by atoms with Crippen LogP contribution in [0.3, 0.4) is 0 Å². The zero-order valence-corrected chi connectivity index (χ0v) is 17.9. The molecule has 1 heterocycles. The van der Waals surface area contributed by atoms with Crippen LogP contribution < -0.4 is 16.4 Å². The van der Waals surface area contributed by atoms with Crippen LogP contribution >= 0.6 is 0 Å². The summed E-state index contributed by atoms with van der Waals surface area (Å²) in [5.74, 6) is -0.848. The Morgan fingerprint density at radius 2 is 1.90 bits per heavy atom. The van der Waals surface area contributed by atoms with Gasteiger partial charge in [0.1, 0.15) is 6.04 Å². The van der Waals surface area contributed by atoms with Crippen molar-refractivity contribution in [3.05, 3.63) is 30.0 Å². The van der Waals surface area contributed by atoms with Crippen molar-refractivity contribution in [2.45, 2.75) is 71.5 Å². The molecule has 4 N–H and O–H groups in total. The minimum absolute atomic E-state index is 0.159. The number of carbonyl (C=O) groups is 3. The molecule has 1 aliphatic rings. The Hall–Kier alpha value is -2.90. The molecule has 2 aromatic rings. The number of aromatic nitrogens is 2. The Kier molecular flexibility index (Phi) is 6.43. The minimum atomic E-state index is -0.662. The number of hydrogen-bond donors (Lipinski definition) is 3. The first-order chi connectivity index (χ1) is 14.2. The number of amides is 3. The lowest BCUT2D eigenvalue weighted by Crippen LogP contribution is -2.54. The lowest BCUT2D eigenvalue weighted by molar-refractivity contribution is -0.125. The fourth-order valence-corrected chi connectivity index (χ4v) is 3.41. The summed E-state index contributed by atoms with van der Waals surface area (Å²) >= 11 is 0. The van der Waals surface area contributed by atoms with Crippen molar-refractivity contribution in [3.63, 3.8) is 0 Å². The number of nitrogens with one attached hydrogen (secondary N) is 2. The van der Waals surface area contributed by atoms with Gasteiger partial charge in [-0.3, -0.25) is 19.1 Å². The molecule has 0 saturated heterocycles. The molecule has 1 saturated carbocycles. The van der Waals surface area contributed by atoms with E-state index in [4.69, 9.17) is 5.73 Å². The zero-order chi connectivity index (χ0) is 21.9. The van der Waals surface area contributed by atoms with Gasteiger partial charge in [0.2, 0.25) is 11.8 Å². The lowest BCUT2D eigenvalue weighted by Gasteiger charge is -2.30. The van der Waals surface area contributed by atoms with Gasteiger partial charge in [0.25, 0.3) is 5.91 Å². The summed E-state index contributed by atoms with van der Waals surface area (Å²) in [5.41, 5.74) is 5.90. The third-order valence-corrected chi connectivity index (χ3v) is 5.24. The largest absolute Gasteiger partial charge is 0.370 e. The molecular weight excluding hydrogens is 382 g/mol. The predicted octanol–water partition coefficient (Wildman–Crippen LogP) is 2.11. The minimum Gasteiger partial charge on any atom is -0.370 e. The van der Waals surface area contributed by atoms with Crippen molar-refractivity contribution in [2.24, 2.45) is 11.1 Å². The smallest absolute Gasteiger partial charge is 0.273 e. The summed E-state index contributed by atoms with van der Waals surface area (Å²) in [4.78, 5) is 36.8. The quantitative estimate of drug-likeness (QED) is 0.546. The summed E-state index contributed by atoms with van der Waals surface area (Å²) in [6.07, 6.45) is 3.70. The van der Waals surface area contributed by atoms with Crippen LogP contribution in [0.5, 0.6) is 0 Å². The van der Waals surface area contributed by atoms with Crippen LogP contribution in [0.25, 0.3) is 10.9 Å². The monoisotopic (exact) mass is 413 g/mol. The van der Waals surface area contributed by atoms with Crippen molar-refractivity contribution < 1.29 is 14.4 Å². The highest BCUT2D eigenvalue weighted by atomic mass is 16.2. The van der Waals surface area contributed by atoms with E-state index in [2.05, 4.69) is 15.7 Å². The number of hydrogen-bond acceptors (Lipinski definition) is 4. The predicted molar refractivity (Wildman–Crippen MR) is 115 cm³/mol. The van der Waals surface area contributed by atoms with E-state index in [0.717, 1.165) is 30.2 Å².